The highest BCUT2D eigenvalue weighted by Crippen LogP contribution is 2.32. The van der Waals surface area contributed by atoms with Gasteiger partial charge < -0.3 is 41.1 Å². The van der Waals surface area contributed by atoms with Crippen molar-refractivity contribution in [2.24, 2.45) is 11.8 Å². The van der Waals surface area contributed by atoms with Gasteiger partial charge in [-0.1, -0.05) is 81.8 Å². The minimum atomic E-state index is -1.78. The van der Waals surface area contributed by atoms with Crippen molar-refractivity contribution >= 4 is 58.2 Å². The number of hydrogen-bond donors (Lipinski definition) is 6. The zero-order chi connectivity index (χ0) is 48.4. The average molecular weight is 915 g/mol. The quantitative estimate of drug-likeness (QED) is 0.0741. The predicted octanol–water partition coefficient (Wildman–Crippen LogP) is 3.80. The third-order valence-corrected chi connectivity index (χ3v) is 11.0. The Morgan fingerprint density at radius 2 is 1.45 bits per heavy atom. The van der Waals surface area contributed by atoms with Crippen molar-refractivity contribution in [1.82, 2.24) is 31.2 Å². The number of nitrogens with zero attached hydrogens (tertiary/aromatic N) is 2. The van der Waals surface area contributed by atoms with Crippen molar-refractivity contribution in [1.29, 1.82) is 0 Å². The molecular weight excluding hydrogens is 863 g/mol. The Bertz CT molecular complexity index is 2500. The van der Waals surface area contributed by atoms with E-state index in [1.54, 1.807) is 64.1 Å². The van der Waals surface area contributed by atoms with E-state index in [1.807, 2.05) is 19.1 Å². The first-order valence-corrected chi connectivity index (χ1v) is 21.3. The lowest BCUT2D eigenvalue weighted by Crippen LogP contribution is -2.60. The molecule has 17 nitrogen and oxygen atoms in total. The summed E-state index contributed by atoms with van der Waals surface area (Å²) in [6, 6.07) is 10.9. The number of para-hydroxylation sites is 2. The second-order valence-electron chi connectivity index (χ2n) is 16.7. The molecule has 1 aliphatic heterocycles. The Morgan fingerprint density at radius 3 is 2.11 bits per heavy atom. The Morgan fingerprint density at radius 1 is 0.773 bits per heavy atom. The number of carboxylic acid groups (broad SMARTS) is 2. The monoisotopic (exact) mass is 914 g/mol. The van der Waals surface area contributed by atoms with Crippen LogP contribution in [-0.4, -0.2) is 105 Å². The first-order chi connectivity index (χ1) is 31.2. The average Bonchev–Trinajstić information content (AvgIpc) is 3.26. The van der Waals surface area contributed by atoms with Crippen molar-refractivity contribution in [3.63, 3.8) is 0 Å². The van der Waals surface area contributed by atoms with Gasteiger partial charge in [-0.3, -0.25) is 38.4 Å². The molecule has 0 aliphatic carbocycles. The van der Waals surface area contributed by atoms with Gasteiger partial charge >= 0.3 is 11.9 Å². The van der Waals surface area contributed by atoms with E-state index in [-0.39, 0.29) is 18.7 Å². The molecule has 0 fully saturated rings. The third kappa shape index (κ3) is 12.5. The number of Topliss-reactive ketones (excluding diaryl/α,β-unsaturated/α-hetero) is 1. The van der Waals surface area contributed by atoms with E-state index in [1.165, 1.54) is 11.0 Å². The SMILES string of the molecule is Cc1ccc2c(c1)CCN(C(=O)[C@@H](NC(=O)[C@H](CCC(=O)O)NC(=O)[C@@H](NC(=O)c1ccc3ccccc3n1)C(C)C)C(C)C)[C@@H]2C(=O)N[C@@H](CC(=O)O)C(=O)COc1c(F)cccc1F. The van der Waals surface area contributed by atoms with E-state index in [0.29, 0.717) is 16.6 Å². The Balaban J connectivity index is 1.38. The molecule has 0 saturated heterocycles. The number of aliphatic carboxylic acids is 2. The maximum Gasteiger partial charge on any atom is 0.305 e. The van der Waals surface area contributed by atoms with Crippen LogP contribution in [0.1, 0.15) is 80.2 Å². The summed E-state index contributed by atoms with van der Waals surface area (Å²) in [4.78, 5) is 113. The van der Waals surface area contributed by atoms with Gasteiger partial charge in [0.25, 0.3) is 5.91 Å². The number of pyridine rings is 1. The number of fused-ring (bicyclic) bond motifs is 2. The summed E-state index contributed by atoms with van der Waals surface area (Å²) in [5.41, 5.74) is 2.41. The van der Waals surface area contributed by atoms with Gasteiger partial charge in [-0.2, -0.15) is 0 Å². The minimum absolute atomic E-state index is 0.0301. The van der Waals surface area contributed by atoms with E-state index in [0.717, 1.165) is 29.1 Å². The van der Waals surface area contributed by atoms with Crippen LogP contribution in [0.15, 0.2) is 72.8 Å². The van der Waals surface area contributed by atoms with Gasteiger partial charge in [0.2, 0.25) is 23.6 Å². The molecule has 5 amide bonds. The largest absolute Gasteiger partial charge is 0.481 e. The molecule has 66 heavy (non-hydrogen) atoms. The number of carbonyl (C=O) groups excluding carboxylic acids is 6. The lowest BCUT2D eigenvalue weighted by Gasteiger charge is -2.40. The second kappa shape index (κ2) is 22.1. The van der Waals surface area contributed by atoms with Crippen LogP contribution >= 0.6 is 0 Å². The highest BCUT2D eigenvalue weighted by Gasteiger charge is 2.42. The van der Waals surface area contributed by atoms with Gasteiger partial charge in [0.1, 0.15) is 42.5 Å². The summed E-state index contributed by atoms with van der Waals surface area (Å²) in [5, 5.41) is 30.3. The first-order valence-electron chi connectivity index (χ1n) is 21.3. The Labute approximate surface area is 378 Å². The van der Waals surface area contributed by atoms with E-state index in [2.05, 4.69) is 26.3 Å². The number of carbonyl (C=O) groups is 8. The van der Waals surface area contributed by atoms with Crippen molar-refractivity contribution in [2.45, 2.75) is 90.5 Å². The van der Waals surface area contributed by atoms with Gasteiger partial charge in [-0.05, 0) is 67.0 Å². The molecule has 2 heterocycles. The van der Waals surface area contributed by atoms with Gasteiger partial charge in [0, 0.05) is 18.4 Å². The van der Waals surface area contributed by atoms with Crippen molar-refractivity contribution < 1.29 is 62.1 Å². The fourth-order valence-corrected chi connectivity index (χ4v) is 7.50. The van der Waals surface area contributed by atoms with Crippen LogP contribution in [0.3, 0.4) is 0 Å². The van der Waals surface area contributed by atoms with E-state index in [4.69, 9.17) is 4.74 Å². The fourth-order valence-electron chi connectivity index (χ4n) is 7.50. The molecule has 0 spiro atoms. The maximum atomic E-state index is 14.7. The second-order valence-corrected chi connectivity index (χ2v) is 16.7. The van der Waals surface area contributed by atoms with Crippen LogP contribution in [0.5, 0.6) is 5.75 Å². The molecule has 5 rings (SSSR count). The molecule has 0 radical (unpaired) electrons. The smallest absolute Gasteiger partial charge is 0.305 e. The third-order valence-electron chi connectivity index (χ3n) is 11.0. The number of nitrogens with one attached hydrogen (secondary N) is 4. The van der Waals surface area contributed by atoms with Gasteiger partial charge in [-0.25, -0.2) is 13.8 Å². The molecule has 1 aliphatic rings. The number of hydrogen-bond acceptors (Lipinski definition) is 10. The molecule has 1 aromatic heterocycles. The van der Waals surface area contributed by atoms with E-state index >= 15 is 0 Å². The zero-order valence-corrected chi connectivity index (χ0v) is 36.9. The number of rotatable bonds is 20. The molecule has 0 unspecified atom stereocenters. The molecule has 19 heteroatoms. The highest BCUT2D eigenvalue weighted by molar-refractivity contribution is 6.00. The van der Waals surface area contributed by atoms with Crippen molar-refractivity contribution in [2.75, 3.05) is 13.2 Å². The van der Waals surface area contributed by atoms with Crippen LogP contribution in [0.2, 0.25) is 0 Å². The molecule has 4 aromatic rings. The van der Waals surface area contributed by atoms with Crippen molar-refractivity contribution in [3.05, 3.63) is 107 Å². The number of aryl methyl sites for hydroxylation is 1. The van der Waals surface area contributed by atoms with Gasteiger partial charge in [0.15, 0.2) is 23.2 Å². The summed E-state index contributed by atoms with van der Waals surface area (Å²) < 4.78 is 33.6. The highest BCUT2D eigenvalue weighted by atomic mass is 19.1. The fraction of sp³-hybridized carbons (Fsp3) is 0.383. The zero-order valence-electron chi connectivity index (χ0n) is 36.9. The summed E-state index contributed by atoms with van der Waals surface area (Å²) in [7, 11) is 0. The van der Waals surface area contributed by atoms with Crippen LogP contribution in [0, 0.1) is 30.4 Å². The van der Waals surface area contributed by atoms with Gasteiger partial charge in [0.05, 0.1) is 11.9 Å². The summed E-state index contributed by atoms with van der Waals surface area (Å²) in [5.74, 6) is -12.3. The number of ketones is 1. The molecule has 5 atom stereocenters. The number of halogens is 2. The minimum Gasteiger partial charge on any atom is -0.481 e. The Hall–Kier alpha value is -7.31. The van der Waals surface area contributed by atoms with Crippen LogP contribution in [0.4, 0.5) is 8.78 Å². The van der Waals surface area contributed by atoms with E-state index < -0.39 is 133 Å². The number of carboxylic acids is 2. The molecule has 6 N–H and O–H groups in total. The predicted molar refractivity (Wildman–Crippen MR) is 234 cm³/mol. The van der Waals surface area contributed by atoms with Crippen LogP contribution in [0.25, 0.3) is 10.9 Å². The summed E-state index contributed by atoms with van der Waals surface area (Å²) in [6.45, 7) is 7.24. The Kier molecular flexibility index (Phi) is 16.6. The van der Waals surface area contributed by atoms with E-state index in [9.17, 15) is 57.4 Å². The van der Waals surface area contributed by atoms with Crippen LogP contribution in [-0.2, 0) is 40.0 Å². The lowest BCUT2D eigenvalue weighted by atomic mass is 9.89. The number of amides is 5. The maximum absolute atomic E-state index is 14.7. The standard InChI is InChI=1S/C47H52F2N6O11/c1-24(2)39(53-43(61)33-16-14-27-9-6-7-12-32(27)50-33)45(63)51-34(17-18-37(57)58)44(62)54-40(25(3)4)47(65)55-20-19-28-21-26(5)13-15-29(28)41(55)46(64)52-35(22-38(59)60)36(56)23-66-42-30(48)10-8-11-31(42)49/h6-16,21,24-25,34-35,39-41H,17-20,22-23H2,1-5H3,(H,51,63)(H,52,64)(H,53,61)(H,54,62)(H,57,58)(H,59,60)/t34-,35-,39-,40-,41-/m0/s1. The summed E-state index contributed by atoms with van der Waals surface area (Å²) >= 11 is 0. The first kappa shape index (κ1) is 49.7. The molecule has 3 aromatic carbocycles. The van der Waals surface area contributed by atoms with Crippen molar-refractivity contribution in [3.8, 4) is 5.75 Å². The normalized spacial score (nSPS) is 15.2. The molecule has 0 bridgehead atoms. The van der Waals surface area contributed by atoms with Gasteiger partial charge in [-0.15, -0.1) is 0 Å². The summed E-state index contributed by atoms with van der Waals surface area (Å²) in [6.07, 6.45) is -1.69. The topological polar surface area (TPSA) is 250 Å². The van der Waals surface area contributed by atoms with Crippen LogP contribution < -0.4 is 26.0 Å². The lowest BCUT2D eigenvalue weighted by molar-refractivity contribution is -0.147. The molecular formula is C47H52F2N6O11. The number of aromatic nitrogens is 1. The molecule has 0 saturated carbocycles. The molecule has 350 valence electrons. The number of ether oxygens (including phenoxy) is 1. The number of benzene rings is 3.